The van der Waals surface area contributed by atoms with Gasteiger partial charge >= 0.3 is 0 Å². The SMILES string of the molecule is COCC12CC(/N=C/c3cc(Br)c(OC(C)C)cc3[N+](=O)[O-])(CO1)C2. The van der Waals surface area contributed by atoms with E-state index in [-0.39, 0.29) is 22.9 Å². The van der Waals surface area contributed by atoms with Crippen LogP contribution in [0.25, 0.3) is 0 Å². The summed E-state index contributed by atoms with van der Waals surface area (Å²) in [5.41, 5.74) is -0.0987. The third-order valence-electron chi connectivity index (χ3n) is 4.47. The predicted molar refractivity (Wildman–Crippen MR) is 96.7 cm³/mol. The maximum absolute atomic E-state index is 11.4. The first-order valence-electron chi connectivity index (χ1n) is 8.11. The van der Waals surface area contributed by atoms with Crippen LogP contribution in [0.2, 0.25) is 0 Å². The second kappa shape index (κ2) is 6.66. The van der Waals surface area contributed by atoms with Crippen molar-refractivity contribution in [1.82, 2.24) is 0 Å². The van der Waals surface area contributed by atoms with Crippen molar-refractivity contribution in [1.29, 1.82) is 0 Å². The Morgan fingerprint density at radius 3 is 2.80 bits per heavy atom. The number of rotatable bonds is 7. The molecule has 1 aromatic rings. The predicted octanol–water partition coefficient (Wildman–Crippen LogP) is 3.51. The number of hydrogen-bond donors (Lipinski definition) is 0. The van der Waals surface area contributed by atoms with E-state index in [1.54, 1.807) is 19.4 Å². The second-order valence-corrected chi connectivity index (χ2v) is 7.86. The van der Waals surface area contributed by atoms with Gasteiger partial charge in [0.25, 0.3) is 5.69 Å². The average molecular weight is 413 g/mol. The molecule has 0 N–H and O–H groups in total. The summed E-state index contributed by atoms with van der Waals surface area (Å²) in [7, 11) is 1.65. The minimum atomic E-state index is -0.417. The van der Waals surface area contributed by atoms with E-state index < -0.39 is 4.92 Å². The highest BCUT2D eigenvalue weighted by Crippen LogP contribution is 2.54. The Morgan fingerprint density at radius 1 is 1.48 bits per heavy atom. The molecule has 0 amide bonds. The van der Waals surface area contributed by atoms with Crippen LogP contribution >= 0.6 is 15.9 Å². The Hall–Kier alpha value is -1.51. The van der Waals surface area contributed by atoms with E-state index >= 15 is 0 Å². The zero-order chi connectivity index (χ0) is 18.2. The monoisotopic (exact) mass is 412 g/mol. The number of methoxy groups -OCH3 is 1. The van der Waals surface area contributed by atoms with Crippen molar-refractivity contribution in [3.05, 3.63) is 32.3 Å². The van der Waals surface area contributed by atoms with Gasteiger partial charge in [-0.3, -0.25) is 15.1 Å². The maximum atomic E-state index is 11.4. The normalized spacial score (nSPS) is 27.7. The highest BCUT2D eigenvalue weighted by Gasteiger charge is 2.62. The lowest BCUT2D eigenvalue weighted by molar-refractivity contribution is -0.385. The third-order valence-corrected chi connectivity index (χ3v) is 5.09. The van der Waals surface area contributed by atoms with Crippen LogP contribution in [0.5, 0.6) is 5.75 Å². The van der Waals surface area contributed by atoms with Gasteiger partial charge in [0.1, 0.15) is 5.75 Å². The molecular formula is C17H21BrN2O5. The minimum Gasteiger partial charge on any atom is -0.490 e. The quantitative estimate of drug-likeness (QED) is 0.388. The van der Waals surface area contributed by atoms with E-state index in [2.05, 4.69) is 20.9 Å². The van der Waals surface area contributed by atoms with Crippen LogP contribution in [0.15, 0.2) is 21.6 Å². The van der Waals surface area contributed by atoms with Gasteiger partial charge in [0, 0.05) is 26.2 Å². The molecule has 2 saturated heterocycles. The molecule has 2 aliphatic heterocycles. The second-order valence-electron chi connectivity index (χ2n) is 7.01. The van der Waals surface area contributed by atoms with Gasteiger partial charge in [-0.15, -0.1) is 0 Å². The summed E-state index contributed by atoms with van der Waals surface area (Å²) >= 11 is 3.41. The molecule has 0 atom stereocenters. The third kappa shape index (κ3) is 3.56. The molecule has 7 nitrogen and oxygen atoms in total. The van der Waals surface area contributed by atoms with E-state index in [9.17, 15) is 10.1 Å². The summed E-state index contributed by atoms with van der Waals surface area (Å²) in [6.45, 7) is 4.82. The van der Waals surface area contributed by atoms with Crippen molar-refractivity contribution in [2.24, 2.45) is 4.99 Å². The molecule has 4 rings (SSSR count). The zero-order valence-electron chi connectivity index (χ0n) is 14.5. The van der Waals surface area contributed by atoms with Crippen LogP contribution in [0.4, 0.5) is 5.69 Å². The average Bonchev–Trinajstić information content (AvgIpc) is 3.02. The number of fused-ring (bicyclic) bond motifs is 1. The van der Waals surface area contributed by atoms with Crippen molar-refractivity contribution in [2.45, 2.75) is 43.9 Å². The van der Waals surface area contributed by atoms with Crippen LogP contribution in [-0.2, 0) is 9.47 Å². The molecule has 0 radical (unpaired) electrons. The van der Waals surface area contributed by atoms with Crippen molar-refractivity contribution in [2.75, 3.05) is 20.3 Å². The van der Waals surface area contributed by atoms with Gasteiger partial charge < -0.3 is 14.2 Å². The lowest BCUT2D eigenvalue weighted by Crippen LogP contribution is -2.50. The Balaban J connectivity index is 1.83. The first-order chi connectivity index (χ1) is 11.8. The molecule has 3 fully saturated rings. The van der Waals surface area contributed by atoms with Crippen molar-refractivity contribution >= 4 is 27.8 Å². The summed E-state index contributed by atoms with van der Waals surface area (Å²) in [4.78, 5) is 15.6. The number of nitro benzene ring substituents is 1. The Bertz CT molecular complexity index is 713. The molecule has 2 bridgehead atoms. The van der Waals surface area contributed by atoms with Gasteiger partial charge in [-0.2, -0.15) is 0 Å². The van der Waals surface area contributed by atoms with Crippen molar-refractivity contribution < 1.29 is 19.1 Å². The number of nitro groups is 1. The van der Waals surface area contributed by atoms with Crippen LogP contribution in [0.1, 0.15) is 32.3 Å². The molecule has 25 heavy (non-hydrogen) atoms. The molecule has 8 heteroatoms. The van der Waals surface area contributed by atoms with Crippen LogP contribution in [0.3, 0.4) is 0 Å². The molecule has 0 unspecified atom stereocenters. The van der Waals surface area contributed by atoms with Gasteiger partial charge in [0.15, 0.2) is 0 Å². The lowest BCUT2D eigenvalue weighted by Gasteiger charge is -2.41. The van der Waals surface area contributed by atoms with Gasteiger partial charge in [-0.1, -0.05) is 0 Å². The molecule has 0 spiro atoms. The summed E-state index contributed by atoms with van der Waals surface area (Å²) in [5, 5.41) is 11.4. The van der Waals surface area contributed by atoms with E-state index in [4.69, 9.17) is 14.2 Å². The summed E-state index contributed by atoms with van der Waals surface area (Å²) in [6.07, 6.45) is 3.07. The molecule has 1 aliphatic carbocycles. The Labute approximate surface area is 154 Å². The molecule has 1 saturated carbocycles. The number of halogens is 1. The van der Waals surface area contributed by atoms with Gasteiger partial charge in [0.2, 0.25) is 0 Å². The van der Waals surface area contributed by atoms with E-state index in [1.807, 2.05) is 13.8 Å². The van der Waals surface area contributed by atoms with E-state index in [1.165, 1.54) is 6.07 Å². The molecule has 3 aliphatic rings. The summed E-state index contributed by atoms with van der Waals surface area (Å²) in [5.74, 6) is 0.448. The standard InChI is InChI=1S/C17H21BrN2O5/c1-11(2)25-15-5-14(20(21)22)12(4-13(15)18)6-19-16-7-17(8-16,10-23-3)24-9-16/h4-6,11H,7-10H2,1-3H3/b19-6+. The van der Waals surface area contributed by atoms with Crippen LogP contribution in [0, 0.1) is 10.1 Å². The first kappa shape index (κ1) is 18.3. The minimum absolute atomic E-state index is 0.0274. The number of benzene rings is 1. The highest BCUT2D eigenvalue weighted by molar-refractivity contribution is 9.10. The number of ether oxygens (including phenoxy) is 3. The lowest BCUT2D eigenvalue weighted by atomic mass is 9.69. The topological polar surface area (TPSA) is 83.2 Å². The summed E-state index contributed by atoms with van der Waals surface area (Å²) in [6, 6.07) is 3.11. The molecular weight excluding hydrogens is 392 g/mol. The van der Waals surface area contributed by atoms with Crippen molar-refractivity contribution in [3.8, 4) is 5.75 Å². The number of hydrogen-bond acceptors (Lipinski definition) is 6. The number of nitrogens with zero attached hydrogens (tertiary/aromatic N) is 2. The largest absolute Gasteiger partial charge is 0.490 e. The Morgan fingerprint density at radius 2 is 2.20 bits per heavy atom. The fourth-order valence-electron chi connectivity index (χ4n) is 3.54. The number of aliphatic imine (C=N–C) groups is 1. The molecule has 2 heterocycles. The van der Waals surface area contributed by atoms with Gasteiger partial charge in [-0.25, -0.2) is 0 Å². The maximum Gasteiger partial charge on any atom is 0.281 e. The molecule has 136 valence electrons. The van der Waals surface area contributed by atoms with Crippen LogP contribution in [-0.4, -0.2) is 48.7 Å². The van der Waals surface area contributed by atoms with E-state index in [0.717, 1.165) is 12.8 Å². The molecule has 1 aromatic carbocycles. The van der Waals surface area contributed by atoms with Crippen molar-refractivity contribution in [3.63, 3.8) is 0 Å². The van der Waals surface area contributed by atoms with Gasteiger partial charge in [-0.05, 0) is 35.8 Å². The smallest absolute Gasteiger partial charge is 0.281 e. The molecule has 0 aromatic heterocycles. The highest BCUT2D eigenvalue weighted by atomic mass is 79.9. The van der Waals surface area contributed by atoms with Gasteiger partial charge in [0.05, 0.1) is 51.5 Å². The van der Waals surface area contributed by atoms with Crippen LogP contribution < -0.4 is 4.74 Å². The van der Waals surface area contributed by atoms with E-state index in [0.29, 0.717) is 29.0 Å². The summed E-state index contributed by atoms with van der Waals surface area (Å²) < 4.78 is 17.3. The Kier molecular flexibility index (Phi) is 4.87. The fraction of sp³-hybridized carbons (Fsp3) is 0.588. The zero-order valence-corrected chi connectivity index (χ0v) is 16.0. The first-order valence-corrected chi connectivity index (χ1v) is 8.90. The fourth-order valence-corrected chi connectivity index (χ4v) is 4.00.